The lowest BCUT2D eigenvalue weighted by Gasteiger charge is -2.35. The van der Waals surface area contributed by atoms with Crippen molar-refractivity contribution in [1.82, 2.24) is 24.6 Å². The molecule has 1 aliphatic rings. The van der Waals surface area contributed by atoms with Gasteiger partial charge in [-0.15, -0.1) is 0 Å². The molecule has 0 radical (unpaired) electrons. The number of hydrogen-bond acceptors (Lipinski definition) is 6. The lowest BCUT2D eigenvalue weighted by atomic mass is 10.1. The van der Waals surface area contributed by atoms with Gasteiger partial charge in [-0.3, -0.25) is 14.6 Å². The zero-order valence-electron chi connectivity index (χ0n) is 18.5. The minimum Gasteiger partial charge on any atom is -0.496 e. The third kappa shape index (κ3) is 3.82. The molecule has 9 heteroatoms. The van der Waals surface area contributed by atoms with Crippen molar-refractivity contribution in [3.05, 3.63) is 76.2 Å². The van der Waals surface area contributed by atoms with Crippen LogP contribution >= 0.6 is 0 Å². The van der Waals surface area contributed by atoms with E-state index in [9.17, 15) is 9.59 Å². The lowest BCUT2D eigenvalue weighted by Crippen LogP contribution is -2.49. The molecule has 33 heavy (non-hydrogen) atoms. The van der Waals surface area contributed by atoms with Crippen molar-refractivity contribution in [2.75, 3.05) is 38.2 Å². The van der Waals surface area contributed by atoms with Crippen LogP contribution in [0.25, 0.3) is 16.7 Å². The van der Waals surface area contributed by atoms with Crippen LogP contribution in [-0.4, -0.2) is 63.8 Å². The summed E-state index contributed by atoms with van der Waals surface area (Å²) in [5, 5.41) is 4.79. The van der Waals surface area contributed by atoms with E-state index in [1.807, 2.05) is 59.2 Å². The average molecular weight is 444 g/mol. The van der Waals surface area contributed by atoms with Gasteiger partial charge in [-0.2, -0.15) is 10.1 Å². The van der Waals surface area contributed by atoms with Crippen LogP contribution in [-0.2, 0) is 0 Å². The van der Waals surface area contributed by atoms with Crippen LogP contribution < -0.4 is 15.2 Å². The summed E-state index contributed by atoms with van der Waals surface area (Å²) in [4.78, 5) is 37.0. The summed E-state index contributed by atoms with van der Waals surface area (Å²) < 4.78 is 7.02. The molecule has 0 bridgehead atoms. The van der Waals surface area contributed by atoms with Crippen LogP contribution in [0.1, 0.15) is 15.9 Å². The molecule has 5 rings (SSSR count). The molecule has 0 atom stereocenters. The Morgan fingerprint density at radius 3 is 2.55 bits per heavy atom. The Morgan fingerprint density at radius 1 is 1.06 bits per heavy atom. The first-order chi connectivity index (χ1) is 16.0. The number of fused-ring (bicyclic) bond motifs is 1. The molecule has 0 aliphatic carbocycles. The minimum absolute atomic E-state index is 0.0352. The van der Waals surface area contributed by atoms with Gasteiger partial charge in [-0.1, -0.05) is 24.3 Å². The highest BCUT2D eigenvalue weighted by atomic mass is 16.5. The molecule has 2 aromatic heterocycles. The van der Waals surface area contributed by atoms with Crippen molar-refractivity contribution in [3.8, 4) is 11.4 Å². The van der Waals surface area contributed by atoms with Crippen molar-refractivity contribution in [2.24, 2.45) is 0 Å². The Bertz CT molecular complexity index is 1370. The quantitative estimate of drug-likeness (QED) is 0.519. The summed E-state index contributed by atoms with van der Waals surface area (Å²) in [6, 6.07) is 15.1. The van der Waals surface area contributed by atoms with Gasteiger partial charge in [0.05, 0.1) is 19.0 Å². The number of methoxy groups -OCH3 is 1. The van der Waals surface area contributed by atoms with Crippen LogP contribution in [0.3, 0.4) is 0 Å². The molecule has 9 nitrogen and oxygen atoms in total. The normalized spacial score (nSPS) is 14.0. The number of ether oxygens (including phenoxy) is 1. The predicted octanol–water partition coefficient (Wildman–Crippen LogP) is 2.39. The fraction of sp³-hybridized carbons (Fsp3) is 0.250. The maximum Gasteiger partial charge on any atom is 0.263 e. The summed E-state index contributed by atoms with van der Waals surface area (Å²) in [7, 11) is 1.60. The number of benzene rings is 2. The standard InChI is InChI=1S/C24H24N6O3/c1-16-8-9-17(14-20(16)33-2)23(32)28-10-12-29(13-11-28)24-26-21-19(22(31)27-24)15-25-30(21)18-6-4-3-5-7-18/h3-9,14-15H,10-13H2,1-2H3,(H,26,27,31). The van der Waals surface area contributed by atoms with Crippen molar-refractivity contribution < 1.29 is 9.53 Å². The summed E-state index contributed by atoms with van der Waals surface area (Å²) in [6.45, 7) is 4.11. The molecule has 0 saturated carbocycles. The Kier molecular flexibility index (Phi) is 5.29. The van der Waals surface area contributed by atoms with Gasteiger partial charge in [0.2, 0.25) is 5.95 Å². The molecule has 1 fully saturated rings. The third-order valence-electron chi connectivity index (χ3n) is 5.95. The molecule has 0 unspecified atom stereocenters. The molecule has 1 aliphatic heterocycles. The number of aromatic amines is 1. The Hall–Kier alpha value is -4.14. The van der Waals surface area contributed by atoms with E-state index in [0.29, 0.717) is 54.5 Å². The van der Waals surface area contributed by atoms with Gasteiger partial charge in [-0.05, 0) is 36.8 Å². The number of piperazine rings is 1. The number of aryl methyl sites for hydroxylation is 1. The van der Waals surface area contributed by atoms with Gasteiger partial charge < -0.3 is 14.5 Å². The van der Waals surface area contributed by atoms with Crippen molar-refractivity contribution in [3.63, 3.8) is 0 Å². The van der Waals surface area contributed by atoms with Crippen LogP contribution in [0.2, 0.25) is 0 Å². The largest absolute Gasteiger partial charge is 0.496 e. The summed E-state index contributed by atoms with van der Waals surface area (Å²) >= 11 is 0. The van der Waals surface area contributed by atoms with Crippen LogP contribution in [0.4, 0.5) is 5.95 Å². The van der Waals surface area contributed by atoms with Gasteiger partial charge in [0.15, 0.2) is 5.65 Å². The van der Waals surface area contributed by atoms with Gasteiger partial charge in [0.25, 0.3) is 11.5 Å². The van der Waals surface area contributed by atoms with Crippen molar-refractivity contribution >= 4 is 22.9 Å². The maximum absolute atomic E-state index is 13.0. The van der Waals surface area contributed by atoms with Gasteiger partial charge in [0.1, 0.15) is 11.1 Å². The first-order valence-electron chi connectivity index (χ1n) is 10.8. The molecule has 1 N–H and O–H groups in total. The van der Waals surface area contributed by atoms with E-state index < -0.39 is 0 Å². The zero-order chi connectivity index (χ0) is 22.9. The zero-order valence-corrected chi connectivity index (χ0v) is 18.5. The number of carbonyl (C=O) groups excluding carboxylic acids is 1. The number of H-pyrrole nitrogens is 1. The number of aromatic nitrogens is 4. The number of anilines is 1. The first kappa shape index (κ1) is 20.7. The molecule has 4 aromatic rings. The van der Waals surface area contributed by atoms with E-state index in [-0.39, 0.29) is 11.5 Å². The van der Waals surface area contributed by atoms with Gasteiger partial charge >= 0.3 is 0 Å². The molecule has 1 saturated heterocycles. The van der Waals surface area contributed by atoms with Crippen molar-refractivity contribution in [1.29, 1.82) is 0 Å². The second kappa shape index (κ2) is 8.42. The highest BCUT2D eigenvalue weighted by molar-refractivity contribution is 5.95. The highest BCUT2D eigenvalue weighted by Crippen LogP contribution is 2.21. The van der Waals surface area contributed by atoms with E-state index in [4.69, 9.17) is 9.72 Å². The second-order valence-corrected chi connectivity index (χ2v) is 7.98. The number of para-hydroxylation sites is 1. The molecule has 1 amide bonds. The first-order valence-corrected chi connectivity index (χ1v) is 10.8. The van der Waals surface area contributed by atoms with E-state index in [1.54, 1.807) is 17.9 Å². The number of hydrogen-bond donors (Lipinski definition) is 1. The topological polar surface area (TPSA) is 96.3 Å². The Morgan fingerprint density at radius 2 is 1.82 bits per heavy atom. The summed E-state index contributed by atoms with van der Waals surface area (Å²) in [5.41, 5.74) is 2.69. The van der Waals surface area contributed by atoms with E-state index >= 15 is 0 Å². The number of rotatable bonds is 4. The number of carbonyl (C=O) groups is 1. The molecular formula is C24H24N6O3. The smallest absolute Gasteiger partial charge is 0.263 e. The number of nitrogens with zero attached hydrogens (tertiary/aromatic N) is 5. The van der Waals surface area contributed by atoms with Crippen molar-refractivity contribution in [2.45, 2.75) is 6.92 Å². The van der Waals surface area contributed by atoms with E-state index in [2.05, 4.69) is 10.1 Å². The summed E-state index contributed by atoms with van der Waals surface area (Å²) in [6.07, 6.45) is 1.53. The van der Waals surface area contributed by atoms with Crippen LogP contribution in [0, 0.1) is 6.92 Å². The molecule has 0 spiro atoms. The number of nitrogens with one attached hydrogen (secondary N) is 1. The molecule has 168 valence electrons. The second-order valence-electron chi connectivity index (χ2n) is 7.98. The Labute approximate surface area is 190 Å². The maximum atomic E-state index is 13.0. The minimum atomic E-state index is -0.234. The van der Waals surface area contributed by atoms with Gasteiger partial charge in [0, 0.05) is 31.7 Å². The predicted molar refractivity (Wildman–Crippen MR) is 125 cm³/mol. The monoisotopic (exact) mass is 444 g/mol. The fourth-order valence-corrected chi connectivity index (χ4v) is 4.07. The molecule has 2 aromatic carbocycles. The third-order valence-corrected chi connectivity index (χ3v) is 5.95. The fourth-order valence-electron chi connectivity index (χ4n) is 4.07. The van der Waals surface area contributed by atoms with Crippen LogP contribution in [0.5, 0.6) is 5.75 Å². The lowest BCUT2D eigenvalue weighted by molar-refractivity contribution is 0.0746. The Balaban J connectivity index is 1.36. The summed E-state index contributed by atoms with van der Waals surface area (Å²) in [5.74, 6) is 1.14. The van der Waals surface area contributed by atoms with Crippen LogP contribution in [0.15, 0.2) is 59.5 Å². The number of amides is 1. The molecular weight excluding hydrogens is 420 g/mol. The average Bonchev–Trinajstić information content (AvgIpc) is 3.29. The van der Waals surface area contributed by atoms with Gasteiger partial charge in [-0.25, -0.2) is 4.68 Å². The SMILES string of the molecule is COc1cc(C(=O)N2CCN(c3nc4c(cnn4-c4ccccc4)c(=O)[nH]3)CC2)ccc1C. The van der Waals surface area contributed by atoms with E-state index in [1.165, 1.54) is 6.20 Å². The highest BCUT2D eigenvalue weighted by Gasteiger charge is 2.25. The molecule has 3 heterocycles. The van der Waals surface area contributed by atoms with E-state index in [0.717, 1.165) is 11.3 Å².